The molecule has 0 bridgehead atoms. The molecular formula is C20H26N4O4. The van der Waals surface area contributed by atoms with Gasteiger partial charge in [-0.2, -0.15) is 0 Å². The molecule has 8 heteroatoms. The summed E-state index contributed by atoms with van der Waals surface area (Å²) in [5, 5.41) is 3.95. The van der Waals surface area contributed by atoms with Crippen LogP contribution in [0.1, 0.15) is 70.6 Å². The quantitative estimate of drug-likeness (QED) is 0.837. The highest BCUT2D eigenvalue weighted by molar-refractivity contribution is 6.00. The first-order chi connectivity index (χ1) is 13.0. The molecule has 3 rings (SSSR count). The van der Waals surface area contributed by atoms with Gasteiger partial charge in [0, 0.05) is 17.7 Å². The molecule has 3 N–H and O–H groups in total. The van der Waals surface area contributed by atoms with E-state index < -0.39 is 17.4 Å². The van der Waals surface area contributed by atoms with Gasteiger partial charge in [-0.05, 0) is 49.7 Å². The SMILES string of the molecule is Cc1cc(C)n(NC(=O)c2noc3c2C[C@@H](C(C)(C)C)CC3)c(=O)c1C(N)=O. The lowest BCUT2D eigenvalue weighted by Crippen LogP contribution is -2.39. The minimum absolute atomic E-state index is 0.101. The smallest absolute Gasteiger partial charge is 0.292 e. The highest BCUT2D eigenvalue weighted by Gasteiger charge is 2.34. The zero-order valence-electron chi connectivity index (χ0n) is 16.9. The van der Waals surface area contributed by atoms with Crippen molar-refractivity contribution in [3.63, 3.8) is 0 Å². The molecule has 0 saturated carbocycles. The first-order valence-electron chi connectivity index (χ1n) is 9.32. The number of rotatable bonds is 3. The maximum atomic E-state index is 12.9. The maximum absolute atomic E-state index is 12.9. The summed E-state index contributed by atoms with van der Waals surface area (Å²) in [5.74, 6) is -0.269. The van der Waals surface area contributed by atoms with E-state index in [1.165, 1.54) is 0 Å². The molecule has 1 aliphatic carbocycles. The second-order valence-electron chi connectivity index (χ2n) is 8.53. The van der Waals surface area contributed by atoms with Crippen LogP contribution in [0.5, 0.6) is 0 Å². The number of aryl methyl sites for hydroxylation is 3. The van der Waals surface area contributed by atoms with Crippen LogP contribution in [0.2, 0.25) is 0 Å². The number of hydrogen-bond acceptors (Lipinski definition) is 5. The highest BCUT2D eigenvalue weighted by atomic mass is 16.5. The van der Waals surface area contributed by atoms with Gasteiger partial charge >= 0.3 is 0 Å². The first kappa shape index (κ1) is 19.9. The van der Waals surface area contributed by atoms with E-state index in [1.807, 2.05) is 0 Å². The third-order valence-electron chi connectivity index (χ3n) is 5.53. The Morgan fingerprint density at radius 2 is 2.00 bits per heavy atom. The number of carbonyl (C=O) groups excluding carboxylic acids is 2. The van der Waals surface area contributed by atoms with Crippen molar-refractivity contribution in [1.29, 1.82) is 0 Å². The summed E-state index contributed by atoms with van der Waals surface area (Å²) in [6, 6.07) is 1.62. The molecule has 0 aromatic carbocycles. The van der Waals surface area contributed by atoms with Crippen molar-refractivity contribution in [2.24, 2.45) is 17.1 Å². The number of primary amides is 1. The van der Waals surface area contributed by atoms with Crippen LogP contribution < -0.4 is 16.7 Å². The van der Waals surface area contributed by atoms with Gasteiger partial charge in [-0.1, -0.05) is 25.9 Å². The van der Waals surface area contributed by atoms with Gasteiger partial charge in [-0.25, -0.2) is 4.68 Å². The largest absolute Gasteiger partial charge is 0.365 e. The molecule has 0 aliphatic heterocycles. The normalized spacial score (nSPS) is 16.5. The van der Waals surface area contributed by atoms with Gasteiger partial charge in [0.2, 0.25) is 0 Å². The standard InChI is InChI=1S/C20H26N4O4/c1-10-8-11(2)24(19(27)15(10)17(21)25)22-18(26)16-13-9-12(20(3,4)5)6-7-14(13)28-23-16/h8,12H,6-7,9H2,1-5H3,(H2,21,25)(H,22,26)/t12-/m0/s1. The first-order valence-corrected chi connectivity index (χ1v) is 9.32. The van der Waals surface area contributed by atoms with Gasteiger partial charge in [0.1, 0.15) is 11.3 Å². The number of nitrogens with zero attached hydrogens (tertiary/aromatic N) is 2. The molecule has 2 aromatic rings. The van der Waals surface area contributed by atoms with Crippen LogP contribution in [0.3, 0.4) is 0 Å². The van der Waals surface area contributed by atoms with Crippen molar-refractivity contribution in [2.45, 2.75) is 53.9 Å². The topological polar surface area (TPSA) is 120 Å². The van der Waals surface area contributed by atoms with Crippen molar-refractivity contribution in [3.05, 3.63) is 50.3 Å². The Labute approximate surface area is 163 Å². The molecule has 0 radical (unpaired) electrons. The number of amides is 2. The molecular weight excluding hydrogens is 360 g/mol. The number of fused-ring (bicyclic) bond motifs is 1. The molecule has 8 nitrogen and oxygen atoms in total. The van der Waals surface area contributed by atoms with Crippen molar-refractivity contribution in [1.82, 2.24) is 9.83 Å². The third kappa shape index (κ3) is 3.46. The lowest BCUT2D eigenvalue weighted by molar-refractivity contribution is 0.0982. The second kappa shape index (κ2) is 6.92. The molecule has 0 saturated heterocycles. The molecule has 150 valence electrons. The fourth-order valence-corrected chi connectivity index (χ4v) is 3.81. The molecule has 0 fully saturated rings. The Balaban J connectivity index is 1.95. The summed E-state index contributed by atoms with van der Waals surface area (Å²) in [6.07, 6.45) is 2.40. The van der Waals surface area contributed by atoms with Gasteiger partial charge in [0.25, 0.3) is 17.4 Å². The summed E-state index contributed by atoms with van der Waals surface area (Å²) in [7, 11) is 0. The van der Waals surface area contributed by atoms with Crippen LogP contribution in [0.25, 0.3) is 0 Å². The van der Waals surface area contributed by atoms with E-state index in [4.69, 9.17) is 10.3 Å². The van der Waals surface area contributed by atoms with Crippen molar-refractivity contribution >= 4 is 11.8 Å². The van der Waals surface area contributed by atoms with E-state index >= 15 is 0 Å². The molecule has 2 heterocycles. The Morgan fingerprint density at radius 3 is 2.61 bits per heavy atom. The Hall–Kier alpha value is -2.90. The lowest BCUT2D eigenvalue weighted by Gasteiger charge is -2.33. The zero-order chi connectivity index (χ0) is 20.8. The minimum atomic E-state index is -0.836. The van der Waals surface area contributed by atoms with E-state index in [0.29, 0.717) is 23.6 Å². The predicted octanol–water partition coefficient (Wildman–Crippen LogP) is 2.09. The number of nitrogens with one attached hydrogen (secondary N) is 1. The van der Waals surface area contributed by atoms with Gasteiger partial charge in [0.15, 0.2) is 5.69 Å². The molecule has 28 heavy (non-hydrogen) atoms. The van der Waals surface area contributed by atoms with E-state index in [9.17, 15) is 14.4 Å². The second-order valence-corrected chi connectivity index (χ2v) is 8.53. The van der Waals surface area contributed by atoms with E-state index in [0.717, 1.165) is 28.8 Å². The molecule has 1 atom stereocenters. The summed E-state index contributed by atoms with van der Waals surface area (Å²) in [4.78, 5) is 37.1. The summed E-state index contributed by atoms with van der Waals surface area (Å²) >= 11 is 0. The van der Waals surface area contributed by atoms with E-state index in [1.54, 1.807) is 19.9 Å². The van der Waals surface area contributed by atoms with Crippen molar-refractivity contribution in [2.75, 3.05) is 5.43 Å². The van der Waals surface area contributed by atoms with E-state index in [-0.39, 0.29) is 16.7 Å². The number of aromatic nitrogens is 2. The van der Waals surface area contributed by atoms with Crippen LogP contribution in [0, 0.1) is 25.2 Å². The Bertz CT molecular complexity index is 1010. The summed E-state index contributed by atoms with van der Waals surface area (Å²) in [5.41, 5.74) is 9.05. The zero-order valence-corrected chi connectivity index (χ0v) is 16.9. The predicted molar refractivity (Wildman–Crippen MR) is 104 cm³/mol. The number of pyridine rings is 1. The van der Waals surface area contributed by atoms with Crippen LogP contribution in [0.15, 0.2) is 15.4 Å². The number of carbonyl (C=O) groups is 2. The lowest BCUT2D eigenvalue weighted by atomic mass is 9.71. The third-order valence-corrected chi connectivity index (χ3v) is 5.53. The average molecular weight is 386 g/mol. The van der Waals surface area contributed by atoms with Gasteiger partial charge < -0.3 is 10.3 Å². The summed E-state index contributed by atoms with van der Waals surface area (Å²) < 4.78 is 6.40. The number of nitrogens with two attached hydrogens (primary N) is 1. The minimum Gasteiger partial charge on any atom is -0.365 e. The number of hydrogen-bond donors (Lipinski definition) is 2. The Kier molecular flexibility index (Phi) is 4.91. The fraction of sp³-hybridized carbons (Fsp3) is 0.500. The molecule has 2 amide bonds. The maximum Gasteiger partial charge on any atom is 0.292 e. The molecule has 2 aromatic heterocycles. The Morgan fingerprint density at radius 1 is 1.32 bits per heavy atom. The van der Waals surface area contributed by atoms with Gasteiger partial charge in [-0.3, -0.25) is 19.8 Å². The monoisotopic (exact) mass is 386 g/mol. The van der Waals surface area contributed by atoms with Crippen LogP contribution >= 0.6 is 0 Å². The summed E-state index contributed by atoms with van der Waals surface area (Å²) in [6.45, 7) is 9.82. The molecule has 1 aliphatic rings. The van der Waals surface area contributed by atoms with Crippen molar-refractivity contribution < 1.29 is 14.1 Å². The van der Waals surface area contributed by atoms with Crippen LogP contribution in [-0.2, 0) is 12.8 Å². The van der Waals surface area contributed by atoms with Crippen molar-refractivity contribution in [3.8, 4) is 0 Å². The van der Waals surface area contributed by atoms with E-state index in [2.05, 4.69) is 31.4 Å². The molecule has 0 unspecified atom stereocenters. The van der Waals surface area contributed by atoms with Crippen LogP contribution in [-0.4, -0.2) is 21.6 Å². The van der Waals surface area contributed by atoms with Gasteiger partial charge in [0.05, 0.1) is 0 Å². The highest BCUT2D eigenvalue weighted by Crippen LogP contribution is 2.38. The fourth-order valence-electron chi connectivity index (χ4n) is 3.81. The van der Waals surface area contributed by atoms with Crippen LogP contribution in [0.4, 0.5) is 0 Å². The average Bonchev–Trinajstić information content (AvgIpc) is 3.00. The van der Waals surface area contributed by atoms with Gasteiger partial charge in [-0.15, -0.1) is 0 Å². The molecule has 0 spiro atoms.